The maximum absolute atomic E-state index is 5.05. The second-order valence-corrected chi connectivity index (χ2v) is 11.2. The zero-order chi connectivity index (χ0) is 27.8. The van der Waals surface area contributed by atoms with Crippen LogP contribution in [0.4, 0.5) is 0 Å². The van der Waals surface area contributed by atoms with Gasteiger partial charge in [-0.15, -0.1) is 0 Å². The molecule has 0 saturated carbocycles. The molecule has 1 heterocycles. The van der Waals surface area contributed by atoms with Crippen LogP contribution in [0.15, 0.2) is 140 Å². The minimum atomic E-state index is 0.986. The highest BCUT2D eigenvalue weighted by Gasteiger charge is 2.18. The molecule has 0 aliphatic rings. The molecule has 2 heteroatoms. The van der Waals surface area contributed by atoms with E-state index in [0.717, 1.165) is 22.4 Å². The number of benzene rings is 8. The van der Waals surface area contributed by atoms with Crippen molar-refractivity contribution in [2.45, 2.75) is 0 Å². The number of para-hydroxylation sites is 2. The van der Waals surface area contributed by atoms with Gasteiger partial charge in [0.2, 0.25) is 0 Å². The first kappa shape index (κ1) is 23.3. The predicted molar refractivity (Wildman–Crippen MR) is 179 cm³/mol. The molecule has 9 aromatic rings. The third-order valence-electron chi connectivity index (χ3n) is 8.99. The third kappa shape index (κ3) is 3.18. The van der Waals surface area contributed by atoms with E-state index in [-0.39, 0.29) is 0 Å². The highest BCUT2D eigenvalue weighted by atomic mass is 15.1. The van der Waals surface area contributed by atoms with Gasteiger partial charge >= 0.3 is 0 Å². The summed E-state index contributed by atoms with van der Waals surface area (Å²) in [5.74, 6) is 0.986. The van der Waals surface area contributed by atoms with Gasteiger partial charge < -0.3 is 4.57 Å². The minimum absolute atomic E-state index is 0.986. The Labute approximate surface area is 243 Å². The molecule has 0 radical (unpaired) electrons. The highest BCUT2D eigenvalue weighted by Crippen LogP contribution is 2.45. The quantitative estimate of drug-likeness (QED) is 0.202. The normalized spacial score (nSPS) is 11.9. The lowest BCUT2D eigenvalue weighted by atomic mass is 9.86. The standard InChI is InChI=1S/C40H26N2/c1-42-38-21-11-10-20-37(38)41-40(42)34-23-22-31(26-13-2-4-15-28(26)34)35-24-36-29-16-5-3-12-25(29)27-14-6-8-18-32(27)39(36)33-19-9-7-17-30(33)35/h2-24H,1H3. The van der Waals surface area contributed by atoms with Gasteiger partial charge in [0.05, 0.1) is 11.0 Å². The van der Waals surface area contributed by atoms with Crippen molar-refractivity contribution in [2.24, 2.45) is 7.05 Å². The third-order valence-corrected chi connectivity index (χ3v) is 8.99. The molecule has 0 aliphatic heterocycles. The van der Waals surface area contributed by atoms with Crippen LogP contribution in [0.3, 0.4) is 0 Å². The van der Waals surface area contributed by atoms with Crippen molar-refractivity contribution in [2.75, 3.05) is 0 Å². The molecule has 9 rings (SSSR count). The van der Waals surface area contributed by atoms with Crippen LogP contribution in [0.2, 0.25) is 0 Å². The monoisotopic (exact) mass is 534 g/mol. The zero-order valence-corrected chi connectivity index (χ0v) is 23.2. The summed E-state index contributed by atoms with van der Waals surface area (Å²) >= 11 is 0. The van der Waals surface area contributed by atoms with Gasteiger partial charge in [0.25, 0.3) is 0 Å². The Balaban J connectivity index is 1.41. The van der Waals surface area contributed by atoms with Gasteiger partial charge in [0, 0.05) is 12.6 Å². The molecule has 0 unspecified atom stereocenters. The first-order valence-corrected chi connectivity index (χ1v) is 14.5. The van der Waals surface area contributed by atoms with E-state index in [9.17, 15) is 0 Å². The molecule has 0 aliphatic carbocycles. The zero-order valence-electron chi connectivity index (χ0n) is 23.2. The first-order valence-electron chi connectivity index (χ1n) is 14.5. The Morgan fingerprint density at radius 1 is 0.405 bits per heavy atom. The molecule has 1 aromatic heterocycles. The van der Waals surface area contributed by atoms with Crippen LogP contribution in [-0.4, -0.2) is 9.55 Å². The second-order valence-electron chi connectivity index (χ2n) is 11.2. The number of hydrogen-bond donors (Lipinski definition) is 0. The topological polar surface area (TPSA) is 17.8 Å². The van der Waals surface area contributed by atoms with Crippen LogP contribution >= 0.6 is 0 Å². The maximum Gasteiger partial charge on any atom is 0.141 e. The SMILES string of the molecule is Cn1c(-c2ccc(-c3cc4c5ccccc5c5ccccc5c4c4ccccc34)c3ccccc23)nc2ccccc21. The molecule has 0 atom stereocenters. The fourth-order valence-corrected chi connectivity index (χ4v) is 7.10. The largest absolute Gasteiger partial charge is 0.327 e. The average molecular weight is 535 g/mol. The van der Waals surface area contributed by atoms with E-state index in [4.69, 9.17) is 4.98 Å². The number of rotatable bonds is 2. The number of fused-ring (bicyclic) bond motifs is 10. The number of aromatic nitrogens is 2. The molecule has 196 valence electrons. The van der Waals surface area contributed by atoms with E-state index in [1.807, 2.05) is 0 Å². The first-order chi connectivity index (χ1) is 20.8. The lowest BCUT2D eigenvalue weighted by molar-refractivity contribution is 0.961. The Bertz CT molecular complexity index is 2530. The number of imidazole rings is 1. The van der Waals surface area contributed by atoms with Crippen molar-refractivity contribution in [3.8, 4) is 22.5 Å². The van der Waals surface area contributed by atoms with Crippen LogP contribution in [0, 0.1) is 0 Å². The van der Waals surface area contributed by atoms with E-state index in [1.165, 1.54) is 65.0 Å². The Morgan fingerprint density at radius 2 is 0.857 bits per heavy atom. The van der Waals surface area contributed by atoms with Crippen LogP contribution in [-0.2, 0) is 7.05 Å². The van der Waals surface area contributed by atoms with Crippen molar-refractivity contribution in [1.29, 1.82) is 0 Å². The molecule has 0 bridgehead atoms. The van der Waals surface area contributed by atoms with Crippen molar-refractivity contribution in [1.82, 2.24) is 9.55 Å². The fourth-order valence-electron chi connectivity index (χ4n) is 7.10. The maximum atomic E-state index is 5.05. The van der Waals surface area contributed by atoms with Crippen LogP contribution in [0.1, 0.15) is 0 Å². The van der Waals surface area contributed by atoms with Gasteiger partial charge in [-0.3, -0.25) is 0 Å². The molecular weight excluding hydrogens is 508 g/mol. The molecule has 0 spiro atoms. The molecule has 42 heavy (non-hydrogen) atoms. The smallest absolute Gasteiger partial charge is 0.141 e. The molecular formula is C40H26N2. The molecule has 0 N–H and O–H groups in total. The average Bonchev–Trinajstić information content (AvgIpc) is 3.39. The predicted octanol–water partition coefficient (Wildman–Crippen LogP) is 10.7. The van der Waals surface area contributed by atoms with Crippen molar-refractivity contribution < 1.29 is 0 Å². The molecule has 0 fully saturated rings. The van der Waals surface area contributed by atoms with Gasteiger partial charge in [0.15, 0.2) is 0 Å². The van der Waals surface area contributed by atoms with E-state index in [0.29, 0.717) is 0 Å². The van der Waals surface area contributed by atoms with Gasteiger partial charge in [-0.2, -0.15) is 0 Å². The number of nitrogens with zero attached hydrogens (tertiary/aromatic N) is 2. The molecule has 2 nitrogen and oxygen atoms in total. The summed E-state index contributed by atoms with van der Waals surface area (Å²) in [6, 6.07) is 50.7. The fraction of sp³-hybridized carbons (Fsp3) is 0.0250. The highest BCUT2D eigenvalue weighted by molar-refractivity contribution is 6.33. The summed E-state index contributed by atoms with van der Waals surface area (Å²) in [6.45, 7) is 0. The Hall–Kier alpha value is -5.47. The summed E-state index contributed by atoms with van der Waals surface area (Å²) in [5, 5.41) is 12.8. The van der Waals surface area contributed by atoms with E-state index >= 15 is 0 Å². The summed E-state index contributed by atoms with van der Waals surface area (Å²) in [5.41, 5.74) is 5.80. The van der Waals surface area contributed by atoms with E-state index in [2.05, 4.69) is 151 Å². The van der Waals surface area contributed by atoms with Gasteiger partial charge in [-0.05, 0) is 89.3 Å². The molecule has 0 saturated heterocycles. The Kier molecular flexibility index (Phi) is 4.85. The van der Waals surface area contributed by atoms with Crippen molar-refractivity contribution >= 4 is 64.9 Å². The summed E-state index contributed by atoms with van der Waals surface area (Å²) in [6.07, 6.45) is 0. The second kappa shape index (κ2) is 8.76. The molecule has 0 amide bonds. The lowest BCUT2D eigenvalue weighted by Crippen LogP contribution is -1.95. The minimum Gasteiger partial charge on any atom is -0.327 e. The van der Waals surface area contributed by atoms with Crippen LogP contribution in [0.25, 0.3) is 87.4 Å². The van der Waals surface area contributed by atoms with Crippen LogP contribution in [0.5, 0.6) is 0 Å². The van der Waals surface area contributed by atoms with Crippen molar-refractivity contribution in [3.63, 3.8) is 0 Å². The van der Waals surface area contributed by atoms with Gasteiger partial charge in [-0.1, -0.05) is 115 Å². The summed E-state index contributed by atoms with van der Waals surface area (Å²) < 4.78 is 2.21. The van der Waals surface area contributed by atoms with Gasteiger partial charge in [0.1, 0.15) is 5.82 Å². The van der Waals surface area contributed by atoms with E-state index in [1.54, 1.807) is 0 Å². The van der Waals surface area contributed by atoms with E-state index < -0.39 is 0 Å². The van der Waals surface area contributed by atoms with Crippen LogP contribution < -0.4 is 0 Å². The number of hydrogen-bond acceptors (Lipinski definition) is 1. The lowest BCUT2D eigenvalue weighted by Gasteiger charge is -2.18. The van der Waals surface area contributed by atoms with Crippen molar-refractivity contribution in [3.05, 3.63) is 140 Å². The molecule has 8 aromatic carbocycles. The summed E-state index contributed by atoms with van der Waals surface area (Å²) in [4.78, 5) is 5.05. The summed E-state index contributed by atoms with van der Waals surface area (Å²) in [7, 11) is 2.11. The number of aryl methyl sites for hydroxylation is 1. The Morgan fingerprint density at radius 3 is 1.52 bits per heavy atom. The van der Waals surface area contributed by atoms with Gasteiger partial charge in [-0.25, -0.2) is 4.98 Å².